The highest BCUT2D eigenvalue weighted by Gasteiger charge is 2.36. The second-order valence-corrected chi connectivity index (χ2v) is 10.2. The van der Waals surface area contributed by atoms with E-state index < -0.39 is 0 Å². The van der Waals surface area contributed by atoms with Gasteiger partial charge in [-0.25, -0.2) is 9.97 Å². The van der Waals surface area contributed by atoms with Gasteiger partial charge in [0.2, 0.25) is 5.91 Å². The second kappa shape index (κ2) is 10.2. The molecule has 1 fully saturated rings. The predicted octanol–water partition coefficient (Wildman–Crippen LogP) is 4.58. The molecule has 1 amide bonds. The number of nitrogens with two attached hydrogens (primary N) is 1. The van der Waals surface area contributed by atoms with E-state index in [1.165, 1.54) is 18.8 Å². The molecule has 0 radical (unpaired) electrons. The first-order valence-corrected chi connectivity index (χ1v) is 12.6. The van der Waals surface area contributed by atoms with Crippen molar-refractivity contribution in [3.05, 3.63) is 71.1 Å². The van der Waals surface area contributed by atoms with Crippen LogP contribution in [0.25, 0.3) is 21.1 Å². The van der Waals surface area contributed by atoms with Gasteiger partial charge in [-0.2, -0.15) is 5.10 Å². The monoisotopic (exact) mass is 507 g/mol. The van der Waals surface area contributed by atoms with Gasteiger partial charge in [0.1, 0.15) is 12.1 Å². The highest BCUT2D eigenvalue weighted by Crippen LogP contribution is 2.45. The zero-order valence-electron chi connectivity index (χ0n) is 19.2. The number of carbonyl (C=O) groups excluding carboxylic acids is 1. The van der Waals surface area contributed by atoms with Crippen LogP contribution in [0.3, 0.4) is 0 Å². The molecule has 4 aromatic rings. The minimum Gasteiger partial charge on any atom is -0.330 e. The van der Waals surface area contributed by atoms with Crippen molar-refractivity contribution >= 4 is 34.7 Å². The Morgan fingerprint density at radius 3 is 2.74 bits per heavy atom. The summed E-state index contributed by atoms with van der Waals surface area (Å²) < 4.78 is 0. The summed E-state index contributed by atoms with van der Waals surface area (Å²) in [4.78, 5) is 24.8. The molecule has 0 saturated carbocycles. The molecule has 0 spiro atoms. The average molecular weight is 508 g/mol. The highest BCUT2D eigenvalue weighted by molar-refractivity contribution is 7.19. The standard InChI is InChI=1S/C25H26ClN7OS/c1-15(34)31-22-10-18(7-9-28-22)21-11-20(24(35-21)25-29-14-30-32-25)23(17-2-4-19(26)5-3-17)33-12-16(13-33)6-8-27/h2-5,7,9-11,14,16,23H,6,8,12-13,27H2,1H3,(H,28,31,34)(H,29,30,32). The van der Waals surface area contributed by atoms with Gasteiger partial charge >= 0.3 is 0 Å². The maximum atomic E-state index is 11.5. The van der Waals surface area contributed by atoms with Crippen LogP contribution >= 0.6 is 22.9 Å². The minimum absolute atomic E-state index is 0.0306. The van der Waals surface area contributed by atoms with Gasteiger partial charge in [0.25, 0.3) is 0 Å². The number of halogens is 1. The van der Waals surface area contributed by atoms with Gasteiger partial charge in [0, 0.05) is 36.1 Å². The Hall–Kier alpha value is -3.11. The lowest BCUT2D eigenvalue weighted by molar-refractivity contribution is -0.114. The lowest BCUT2D eigenvalue weighted by atomic mass is 9.88. The molecule has 180 valence electrons. The third-order valence-corrected chi connectivity index (χ3v) is 7.60. The molecular weight excluding hydrogens is 482 g/mol. The van der Waals surface area contributed by atoms with Gasteiger partial charge < -0.3 is 11.1 Å². The number of thiophene rings is 1. The van der Waals surface area contributed by atoms with E-state index in [4.69, 9.17) is 17.3 Å². The fourth-order valence-corrected chi connectivity index (χ4v) is 5.81. The molecule has 1 aliphatic rings. The van der Waals surface area contributed by atoms with E-state index in [1.807, 2.05) is 24.3 Å². The van der Waals surface area contributed by atoms with E-state index in [0.29, 0.717) is 23.3 Å². The first-order valence-electron chi connectivity index (χ1n) is 11.4. The molecule has 0 aliphatic carbocycles. The zero-order chi connectivity index (χ0) is 24.4. The van der Waals surface area contributed by atoms with Crippen LogP contribution in [0.5, 0.6) is 0 Å². The summed E-state index contributed by atoms with van der Waals surface area (Å²) in [6.45, 7) is 4.14. The number of aromatic amines is 1. The van der Waals surface area contributed by atoms with Crippen molar-refractivity contribution in [1.82, 2.24) is 25.1 Å². The Kier molecular flexibility index (Phi) is 6.92. The normalized spacial score (nSPS) is 15.1. The molecule has 1 aliphatic heterocycles. The fourth-order valence-electron chi connectivity index (χ4n) is 4.55. The number of anilines is 1. The highest BCUT2D eigenvalue weighted by atomic mass is 35.5. The van der Waals surface area contributed by atoms with Crippen molar-refractivity contribution in [1.29, 1.82) is 0 Å². The molecule has 3 aromatic heterocycles. The van der Waals surface area contributed by atoms with Crippen molar-refractivity contribution in [2.75, 3.05) is 25.0 Å². The maximum absolute atomic E-state index is 11.5. The van der Waals surface area contributed by atoms with Crippen LogP contribution in [-0.2, 0) is 4.79 Å². The van der Waals surface area contributed by atoms with Crippen LogP contribution in [0.4, 0.5) is 5.82 Å². The molecule has 1 atom stereocenters. The number of hydrogen-bond donors (Lipinski definition) is 3. The third kappa shape index (κ3) is 5.13. The van der Waals surface area contributed by atoms with E-state index in [1.54, 1.807) is 17.5 Å². The number of benzene rings is 1. The van der Waals surface area contributed by atoms with Gasteiger partial charge in [-0.3, -0.25) is 14.8 Å². The topological polar surface area (TPSA) is 113 Å². The first-order chi connectivity index (χ1) is 17.0. The van der Waals surface area contributed by atoms with E-state index in [2.05, 4.69) is 48.6 Å². The summed E-state index contributed by atoms with van der Waals surface area (Å²) in [7, 11) is 0. The smallest absolute Gasteiger partial charge is 0.222 e. The van der Waals surface area contributed by atoms with Crippen molar-refractivity contribution < 1.29 is 4.79 Å². The van der Waals surface area contributed by atoms with Crippen molar-refractivity contribution in [3.8, 4) is 21.1 Å². The molecular formula is C25H26ClN7OS. The van der Waals surface area contributed by atoms with Crippen molar-refractivity contribution in [3.63, 3.8) is 0 Å². The SMILES string of the molecule is CC(=O)Nc1cc(-c2cc(C(c3ccc(Cl)cc3)N3CC(CCN)C3)c(-c3ncn[nH]3)s2)ccn1. The van der Waals surface area contributed by atoms with Gasteiger partial charge in [-0.15, -0.1) is 11.3 Å². The number of pyridine rings is 1. The fraction of sp³-hybridized carbons (Fsp3) is 0.280. The maximum Gasteiger partial charge on any atom is 0.222 e. The lowest BCUT2D eigenvalue weighted by Crippen LogP contribution is -2.49. The summed E-state index contributed by atoms with van der Waals surface area (Å²) in [5.74, 6) is 1.69. The lowest BCUT2D eigenvalue weighted by Gasteiger charge is -2.45. The Bertz CT molecular complexity index is 1300. The number of rotatable bonds is 8. The molecule has 1 saturated heterocycles. The molecule has 35 heavy (non-hydrogen) atoms. The Morgan fingerprint density at radius 1 is 1.26 bits per heavy atom. The average Bonchev–Trinajstić information content (AvgIpc) is 3.49. The minimum atomic E-state index is -0.156. The quantitative estimate of drug-likeness (QED) is 0.322. The van der Waals surface area contributed by atoms with Crippen LogP contribution in [-0.4, -0.2) is 50.6 Å². The molecule has 0 bridgehead atoms. The first kappa shape index (κ1) is 23.6. The van der Waals surface area contributed by atoms with Crippen LogP contribution in [0.1, 0.15) is 30.5 Å². The van der Waals surface area contributed by atoms with Crippen LogP contribution < -0.4 is 11.1 Å². The van der Waals surface area contributed by atoms with E-state index in [-0.39, 0.29) is 11.9 Å². The van der Waals surface area contributed by atoms with Crippen molar-refractivity contribution in [2.24, 2.45) is 11.7 Å². The summed E-state index contributed by atoms with van der Waals surface area (Å²) in [5, 5.41) is 10.6. The summed E-state index contributed by atoms with van der Waals surface area (Å²) >= 11 is 7.86. The van der Waals surface area contributed by atoms with Crippen molar-refractivity contribution in [2.45, 2.75) is 19.4 Å². The number of hydrogen-bond acceptors (Lipinski definition) is 7. The molecule has 1 unspecified atom stereocenters. The zero-order valence-corrected chi connectivity index (χ0v) is 20.8. The summed E-state index contributed by atoms with van der Waals surface area (Å²) in [6.07, 6.45) is 4.26. The number of amides is 1. The predicted molar refractivity (Wildman–Crippen MR) is 139 cm³/mol. The Labute approximate surface area is 212 Å². The molecule has 5 rings (SSSR count). The number of carbonyl (C=O) groups is 1. The van der Waals surface area contributed by atoms with Crippen LogP contribution in [0, 0.1) is 5.92 Å². The largest absolute Gasteiger partial charge is 0.330 e. The number of nitrogens with zero attached hydrogens (tertiary/aromatic N) is 4. The van der Waals surface area contributed by atoms with Gasteiger partial charge in [0.15, 0.2) is 5.82 Å². The van der Waals surface area contributed by atoms with E-state index in [9.17, 15) is 4.79 Å². The van der Waals surface area contributed by atoms with E-state index >= 15 is 0 Å². The summed E-state index contributed by atoms with van der Waals surface area (Å²) in [6, 6.07) is 14.1. The molecule has 4 N–H and O–H groups in total. The van der Waals surface area contributed by atoms with Crippen LogP contribution in [0.15, 0.2) is 55.0 Å². The second-order valence-electron chi connectivity index (χ2n) is 8.69. The van der Waals surface area contributed by atoms with Gasteiger partial charge in [-0.05, 0) is 65.9 Å². The number of likely N-dealkylation sites (tertiary alicyclic amines) is 1. The molecule has 8 nitrogen and oxygen atoms in total. The Balaban J connectivity index is 1.60. The van der Waals surface area contributed by atoms with Gasteiger partial charge in [-0.1, -0.05) is 23.7 Å². The Morgan fingerprint density at radius 2 is 2.06 bits per heavy atom. The van der Waals surface area contributed by atoms with Gasteiger partial charge in [0.05, 0.1) is 10.9 Å². The number of H-pyrrole nitrogens is 1. The third-order valence-electron chi connectivity index (χ3n) is 6.15. The molecule has 10 heteroatoms. The molecule has 1 aromatic carbocycles. The summed E-state index contributed by atoms with van der Waals surface area (Å²) in [5.41, 5.74) is 9.10. The number of aromatic nitrogens is 4. The molecule has 4 heterocycles. The van der Waals surface area contributed by atoms with E-state index in [0.717, 1.165) is 46.2 Å². The number of nitrogens with one attached hydrogen (secondary N) is 2. The van der Waals surface area contributed by atoms with Crippen LogP contribution in [0.2, 0.25) is 5.02 Å².